The zero-order chi connectivity index (χ0) is 18.1. The quantitative estimate of drug-likeness (QED) is 0.792. The average molecular weight is 329 g/mol. The van der Waals surface area contributed by atoms with Crippen molar-refractivity contribution in [2.75, 3.05) is 20.1 Å². The molecule has 2 aromatic rings. The Morgan fingerprint density at radius 3 is 1.96 bits per heavy atom. The highest BCUT2D eigenvalue weighted by atomic mass is 14.9. The molecule has 0 spiro atoms. The Morgan fingerprint density at radius 2 is 1.58 bits per heavy atom. The molecule has 1 aromatic heterocycles. The summed E-state index contributed by atoms with van der Waals surface area (Å²) in [5.74, 6) is 0. The van der Waals surface area contributed by atoms with E-state index in [1.54, 1.807) is 0 Å². The van der Waals surface area contributed by atoms with E-state index in [0.717, 1.165) is 6.54 Å². The lowest BCUT2D eigenvalue weighted by Gasteiger charge is -2.22. The van der Waals surface area contributed by atoms with Gasteiger partial charge in [-0.1, -0.05) is 49.9 Å². The molecule has 1 aromatic carbocycles. The summed E-state index contributed by atoms with van der Waals surface area (Å²) < 4.78 is 0. The predicted octanol–water partition coefficient (Wildman–Crippen LogP) is 2.97. The van der Waals surface area contributed by atoms with E-state index in [0.29, 0.717) is 5.41 Å². The van der Waals surface area contributed by atoms with Gasteiger partial charge in [0.15, 0.2) is 0 Å². The molecule has 2 heterocycles. The van der Waals surface area contributed by atoms with Gasteiger partial charge in [0.1, 0.15) is 0 Å². The van der Waals surface area contributed by atoms with Crippen molar-refractivity contribution in [3.63, 3.8) is 0 Å². The molecule has 0 bridgehead atoms. The van der Waals surface area contributed by atoms with Crippen molar-refractivity contribution < 1.29 is 0 Å². The van der Waals surface area contributed by atoms with Gasteiger partial charge in [-0.2, -0.15) is 0 Å². The standard InChI is InChI=1S/C11H16N2.C6H6.C2H5N.CH5N/c1-11(4-7-13-9-11)8-10-2-5-12-6-3-10;1-2-4-6-5-3-1;1-2-3;1-2/h2-3,5-6,13H,4,7-9H2,1H3;1-6H;2H,1,3H2;2H2,1H3. The summed E-state index contributed by atoms with van der Waals surface area (Å²) in [6, 6.07) is 16.2. The van der Waals surface area contributed by atoms with Crippen LogP contribution in [0.4, 0.5) is 0 Å². The van der Waals surface area contributed by atoms with Gasteiger partial charge in [-0.3, -0.25) is 4.98 Å². The summed E-state index contributed by atoms with van der Waals surface area (Å²) in [6.07, 6.45) is 7.46. The fourth-order valence-corrected chi connectivity index (χ4v) is 2.40. The van der Waals surface area contributed by atoms with Gasteiger partial charge < -0.3 is 16.8 Å². The van der Waals surface area contributed by atoms with Gasteiger partial charge in [-0.25, -0.2) is 0 Å². The zero-order valence-electron chi connectivity index (χ0n) is 15.0. The predicted molar refractivity (Wildman–Crippen MR) is 104 cm³/mol. The topological polar surface area (TPSA) is 77.0 Å². The van der Waals surface area contributed by atoms with E-state index in [9.17, 15) is 0 Å². The first-order chi connectivity index (χ1) is 11.7. The third-order valence-electron chi connectivity index (χ3n) is 3.50. The van der Waals surface area contributed by atoms with Crippen molar-refractivity contribution in [3.05, 3.63) is 79.3 Å². The number of hydrogen-bond acceptors (Lipinski definition) is 4. The fourth-order valence-electron chi connectivity index (χ4n) is 2.40. The molecule has 24 heavy (non-hydrogen) atoms. The number of nitrogens with zero attached hydrogens (tertiary/aromatic N) is 1. The first-order valence-electron chi connectivity index (χ1n) is 8.20. The van der Waals surface area contributed by atoms with Crippen molar-refractivity contribution in [2.45, 2.75) is 19.8 Å². The maximum absolute atomic E-state index is 4.61. The van der Waals surface area contributed by atoms with Crippen molar-refractivity contribution in [2.24, 2.45) is 16.9 Å². The minimum absolute atomic E-state index is 0.460. The molecule has 3 rings (SSSR count). The highest BCUT2D eigenvalue weighted by molar-refractivity contribution is 5.12. The summed E-state index contributed by atoms with van der Waals surface area (Å²) >= 11 is 0. The molecule has 4 heteroatoms. The minimum atomic E-state index is 0.460. The second-order valence-electron chi connectivity index (χ2n) is 5.66. The lowest BCUT2D eigenvalue weighted by atomic mass is 9.83. The average Bonchev–Trinajstić information content (AvgIpc) is 3.06. The summed E-state index contributed by atoms with van der Waals surface area (Å²) in [4.78, 5) is 4.03. The normalized spacial score (nSPS) is 17.8. The molecule has 0 radical (unpaired) electrons. The molecule has 1 aliphatic heterocycles. The van der Waals surface area contributed by atoms with E-state index >= 15 is 0 Å². The largest absolute Gasteiger partial charge is 0.405 e. The second-order valence-corrected chi connectivity index (χ2v) is 5.66. The van der Waals surface area contributed by atoms with Gasteiger partial charge in [0.25, 0.3) is 0 Å². The number of aromatic nitrogens is 1. The fraction of sp³-hybridized carbons (Fsp3) is 0.350. The van der Waals surface area contributed by atoms with Crippen LogP contribution in [-0.4, -0.2) is 25.1 Å². The molecule has 132 valence electrons. The highest BCUT2D eigenvalue weighted by Crippen LogP contribution is 2.28. The van der Waals surface area contributed by atoms with Crippen molar-refractivity contribution in [1.82, 2.24) is 10.3 Å². The molecule has 4 nitrogen and oxygen atoms in total. The number of nitrogens with two attached hydrogens (primary N) is 2. The summed E-state index contributed by atoms with van der Waals surface area (Å²) in [5, 5.41) is 3.42. The summed E-state index contributed by atoms with van der Waals surface area (Å²) in [6.45, 7) is 7.81. The van der Waals surface area contributed by atoms with Crippen LogP contribution in [0.1, 0.15) is 18.9 Å². The number of benzene rings is 1. The van der Waals surface area contributed by atoms with Crippen molar-refractivity contribution in [3.8, 4) is 0 Å². The van der Waals surface area contributed by atoms with E-state index in [-0.39, 0.29) is 0 Å². The van der Waals surface area contributed by atoms with Gasteiger partial charge in [-0.05, 0) is 55.7 Å². The van der Waals surface area contributed by atoms with Crippen LogP contribution < -0.4 is 16.8 Å². The molecule has 0 amide bonds. The lowest BCUT2D eigenvalue weighted by Crippen LogP contribution is -2.22. The Bertz CT molecular complexity index is 467. The molecular formula is C20H32N4. The van der Waals surface area contributed by atoms with Crippen LogP contribution in [0, 0.1) is 5.41 Å². The lowest BCUT2D eigenvalue weighted by molar-refractivity contribution is 0.363. The Hall–Kier alpha value is -2.17. The minimum Gasteiger partial charge on any atom is -0.405 e. The SMILES string of the molecule is C=CN.CC1(Cc2ccncc2)CCNC1.CN.c1ccccc1. The van der Waals surface area contributed by atoms with E-state index in [1.807, 2.05) is 48.8 Å². The number of nitrogens with one attached hydrogen (secondary N) is 1. The zero-order valence-corrected chi connectivity index (χ0v) is 15.0. The van der Waals surface area contributed by atoms with Crippen LogP contribution in [0.3, 0.4) is 0 Å². The maximum atomic E-state index is 4.61. The monoisotopic (exact) mass is 328 g/mol. The van der Waals surface area contributed by atoms with Crippen LogP contribution in [0.2, 0.25) is 0 Å². The van der Waals surface area contributed by atoms with Gasteiger partial charge in [0.2, 0.25) is 0 Å². The molecule has 1 aliphatic rings. The van der Waals surface area contributed by atoms with Crippen LogP contribution >= 0.6 is 0 Å². The molecule has 5 N–H and O–H groups in total. The number of pyridine rings is 1. The summed E-state index contributed by atoms with van der Waals surface area (Å²) in [7, 11) is 1.50. The Balaban J connectivity index is 0.000000402. The summed E-state index contributed by atoms with van der Waals surface area (Å²) in [5.41, 5.74) is 11.0. The Morgan fingerprint density at radius 1 is 1.12 bits per heavy atom. The molecule has 0 aliphatic carbocycles. The Kier molecular flexibility index (Phi) is 13.1. The van der Waals surface area contributed by atoms with E-state index in [1.165, 1.54) is 38.2 Å². The molecule has 1 unspecified atom stereocenters. The van der Waals surface area contributed by atoms with Gasteiger partial charge in [0.05, 0.1) is 0 Å². The highest BCUT2D eigenvalue weighted by Gasteiger charge is 2.28. The third kappa shape index (κ3) is 10.5. The van der Waals surface area contributed by atoms with E-state index < -0.39 is 0 Å². The molecule has 0 saturated carbocycles. The third-order valence-corrected chi connectivity index (χ3v) is 3.50. The van der Waals surface area contributed by atoms with Crippen LogP contribution in [0.25, 0.3) is 0 Å². The van der Waals surface area contributed by atoms with Gasteiger partial charge in [0, 0.05) is 18.9 Å². The first kappa shape index (κ1) is 21.8. The van der Waals surface area contributed by atoms with E-state index in [4.69, 9.17) is 0 Å². The molecule has 1 saturated heterocycles. The molecular weight excluding hydrogens is 296 g/mol. The van der Waals surface area contributed by atoms with Crippen LogP contribution in [0.15, 0.2) is 73.7 Å². The molecule has 1 atom stereocenters. The van der Waals surface area contributed by atoms with Gasteiger partial charge in [-0.15, -0.1) is 0 Å². The Labute approximate surface area is 147 Å². The number of hydrogen-bond donors (Lipinski definition) is 3. The maximum Gasteiger partial charge on any atom is 0.0270 e. The van der Waals surface area contributed by atoms with E-state index in [2.05, 4.69) is 47.4 Å². The van der Waals surface area contributed by atoms with Crippen LogP contribution in [-0.2, 0) is 6.42 Å². The van der Waals surface area contributed by atoms with Crippen LogP contribution in [0.5, 0.6) is 0 Å². The smallest absolute Gasteiger partial charge is 0.0270 e. The first-order valence-corrected chi connectivity index (χ1v) is 8.20. The molecule has 1 fully saturated rings. The van der Waals surface area contributed by atoms with Crippen molar-refractivity contribution >= 4 is 0 Å². The number of rotatable bonds is 2. The van der Waals surface area contributed by atoms with Crippen molar-refractivity contribution in [1.29, 1.82) is 0 Å². The second kappa shape index (κ2) is 14.4. The van der Waals surface area contributed by atoms with Gasteiger partial charge >= 0.3 is 0 Å².